The first kappa shape index (κ1) is 26.0. The van der Waals surface area contributed by atoms with Gasteiger partial charge in [-0.25, -0.2) is 0 Å². The summed E-state index contributed by atoms with van der Waals surface area (Å²) in [5.41, 5.74) is 3.05. The van der Waals surface area contributed by atoms with Crippen molar-refractivity contribution in [2.75, 3.05) is 18.5 Å². The minimum absolute atomic E-state index is 0.0981. The van der Waals surface area contributed by atoms with Crippen LogP contribution in [-0.4, -0.2) is 41.9 Å². The average molecular weight is 542 g/mol. The van der Waals surface area contributed by atoms with Gasteiger partial charge in [-0.05, 0) is 54.6 Å². The largest absolute Gasteiger partial charge is 0.457 e. The number of ether oxygens (including phenoxy) is 2. The summed E-state index contributed by atoms with van der Waals surface area (Å²) in [7, 11) is 0. The number of carbonyl (C=O) groups excluding carboxylic acids is 4. The van der Waals surface area contributed by atoms with Gasteiger partial charge in [0.25, 0.3) is 11.8 Å². The molecule has 3 aromatic carbocycles. The molecule has 1 fully saturated rings. The van der Waals surface area contributed by atoms with Crippen LogP contribution in [0, 0.1) is 5.92 Å². The van der Waals surface area contributed by atoms with Gasteiger partial charge >= 0.3 is 5.97 Å². The molecule has 11 heteroatoms. The monoisotopic (exact) mass is 541 g/mol. The number of nitrogens with zero attached hydrogens (tertiary/aromatic N) is 1. The average Bonchev–Trinajstić information content (AvgIpc) is 3.24. The summed E-state index contributed by atoms with van der Waals surface area (Å²) in [5, 5.41) is 4.13. The number of rotatable bonds is 8. The summed E-state index contributed by atoms with van der Waals surface area (Å²) in [6, 6.07) is 20.3. The van der Waals surface area contributed by atoms with Crippen LogP contribution in [0.15, 0.2) is 72.8 Å². The predicted octanol–water partition coefficient (Wildman–Crippen LogP) is 4.46. The van der Waals surface area contributed by atoms with E-state index in [0.717, 1.165) is 5.01 Å². The number of esters is 1. The highest BCUT2D eigenvalue weighted by molar-refractivity contribution is 6.36. The lowest BCUT2D eigenvalue weighted by Crippen LogP contribution is -2.43. The van der Waals surface area contributed by atoms with E-state index in [2.05, 4.69) is 10.7 Å². The smallest absolute Gasteiger partial charge is 0.311 e. The molecule has 37 heavy (non-hydrogen) atoms. The van der Waals surface area contributed by atoms with E-state index in [0.29, 0.717) is 22.2 Å². The van der Waals surface area contributed by atoms with Gasteiger partial charge in [-0.2, -0.15) is 0 Å². The molecule has 1 heterocycles. The lowest BCUT2D eigenvalue weighted by Gasteiger charge is -2.18. The van der Waals surface area contributed by atoms with Gasteiger partial charge in [0.1, 0.15) is 11.5 Å². The number of para-hydroxylation sites is 1. The Hall–Kier alpha value is -4.08. The molecule has 190 valence electrons. The molecule has 0 bridgehead atoms. The van der Waals surface area contributed by atoms with Crippen LogP contribution < -0.4 is 15.5 Å². The lowest BCUT2D eigenvalue weighted by atomic mass is 10.1. The number of hydrogen-bond acceptors (Lipinski definition) is 6. The summed E-state index contributed by atoms with van der Waals surface area (Å²) >= 11 is 11.9. The van der Waals surface area contributed by atoms with Crippen LogP contribution in [0.2, 0.25) is 10.0 Å². The molecule has 1 aliphatic heterocycles. The fraction of sp³-hybridized carbons (Fsp3) is 0.154. The van der Waals surface area contributed by atoms with E-state index < -0.39 is 36.2 Å². The van der Waals surface area contributed by atoms with Crippen molar-refractivity contribution in [1.82, 2.24) is 10.4 Å². The summed E-state index contributed by atoms with van der Waals surface area (Å²) in [6.45, 7) is -0.627. The highest BCUT2D eigenvalue weighted by Crippen LogP contribution is 2.24. The second-order valence-electron chi connectivity index (χ2n) is 8.07. The van der Waals surface area contributed by atoms with Gasteiger partial charge in [0.05, 0.1) is 23.0 Å². The maximum absolute atomic E-state index is 12.4. The first-order chi connectivity index (χ1) is 17.8. The summed E-state index contributed by atoms with van der Waals surface area (Å²) in [4.78, 5) is 49.4. The molecular formula is C26H21Cl2N3O6. The number of amides is 3. The Morgan fingerprint density at radius 2 is 1.65 bits per heavy atom. The van der Waals surface area contributed by atoms with E-state index in [4.69, 9.17) is 32.7 Å². The minimum Gasteiger partial charge on any atom is -0.457 e. The molecule has 3 aromatic rings. The normalized spacial score (nSPS) is 14.7. The summed E-state index contributed by atoms with van der Waals surface area (Å²) in [5.74, 6) is -1.92. The zero-order valence-electron chi connectivity index (χ0n) is 19.3. The van der Waals surface area contributed by atoms with E-state index in [1.165, 1.54) is 18.2 Å². The van der Waals surface area contributed by atoms with Crippen molar-refractivity contribution in [2.24, 2.45) is 5.92 Å². The van der Waals surface area contributed by atoms with Crippen molar-refractivity contribution in [1.29, 1.82) is 0 Å². The third-order valence-electron chi connectivity index (χ3n) is 5.33. The first-order valence-electron chi connectivity index (χ1n) is 11.1. The van der Waals surface area contributed by atoms with Crippen LogP contribution >= 0.6 is 23.2 Å². The highest BCUT2D eigenvalue weighted by atomic mass is 35.5. The van der Waals surface area contributed by atoms with Crippen molar-refractivity contribution < 1.29 is 28.7 Å². The van der Waals surface area contributed by atoms with Gasteiger partial charge in [-0.15, -0.1) is 0 Å². The van der Waals surface area contributed by atoms with Crippen molar-refractivity contribution in [2.45, 2.75) is 6.42 Å². The Bertz CT molecular complexity index is 1320. The number of anilines is 1. The van der Waals surface area contributed by atoms with Crippen LogP contribution in [-0.2, 0) is 19.1 Å². The quantitative estimate of drug-likeness (QED) is 0.407. The Balaban J connectivity index is 1.23. The van der Waals surface area contributed by atoms with E-state index in [-0.39, 0.29) is 23.6 Å². The molecule has 0 spiro atoms. The minimum atomic E-state index is -0.837. The van der Waals surface area contributed by atoms with Crippen LogP contribution in [0.4, 0.5) is 5.69 Å². The maximum atomic E-state index is 12.4. The van der Waals surface area contributed by atoms with Crippen LogP contribution in [0.25, 0.3) is 0 Å². The molecule has 0 aliphatic carbocycles. The second-order valence-corrected chi connectivity index (χ2v) is 8.91. The van der Waals surface area contributed by atoms with E-state index in [1.54, 1.807) is 24.3 Å². The zero-order chi connectivity index (χ0) is 26.4. The molecular weight excluding hydrogens is 521 g/mol. The standard InChI is InChI=1S/C26H21Cl2N3O6/c27-17-6-11-21(22(28)13-17)25(34)30-31-14-16(12-24(31)33)26(35)36-15-23(32)29-18-7-9-20(10-8-18)37-19-4-2-1-3-5-19/h1-11,13,16H,12,14-15H2,(H,29,32)(H,30,34)/t16-/m0/s1. The molecule has 0 radical (unpaired) electrons. The number of halogens is 2. The lowest BCUT2D eigenvalue weighted by molar-refractivity contribution is -0.151. The Morgan fingerprint density at radius 1 is 0.946 bits per heavy atom. The van der Waals surface area contributed by atoms with Crippen molar-refractivity contribution in [3.63, 3.8) is 0 Å². The van der Waals surface area contributed by atoms with Gasteiger partial charge in [0.2, 0.25) is 5.91 Å². The number of benzene rings is 3. The summed E-state index contributed by atoms with van der Waals surface area (Å²) < 4.78 is 10.8. The van der Waals surface area contributed by atoms with Crippen LogP contribution in [0.1, 0.15) is 16.8 Å². The molecule has 4 rings (SSSR count). The predicted molar refractivity (Wildman–Crippen MR) is 136 cm³/mol. The molecule has 2 N–H and O–H groups in total. The third-order valence-corrected chi connectivity index (χ3v) is 5.88. The molecule has 0 aromatic heterocycles. The van der Waals surface area contributed by atoms with Crippen LogP contribution in [0.3, 0.4) is 0 Å². The molecule has 0 unspecified atom stereocenters. The fourth-order valence-electron chi connectivity index (χ4n) is 3.51. The SMILES string of the molecule is O=C(COC(=O)[C@H]1CC(=O)N(NC(=O)c2ccc(Cl)cc2Cl)C1)Nc1ccc(Oc2ccccc2)cc1. The van der Waals surface area contributed by atoms with Crippen LogP contribution in [0.5, 0.6) is 11.5 Å². The first-order valence-corrected chi connectivity index (χ1v) is 11.9. The summed E-state index contributed by atoms with van der Waals surface area (Å²) in [6.07, 6.45) is -0.169. The van der Waals surface area contributed by atoms with Crippen molar-refractivity contribution in [3.8, 4) is 11.5 Å². The third kappa shape index (κ3) is 6.99. The number of hydrogen-bond donors (Lipinski definition) is 2. The van der Waals surface area contributed by atoms with Crippen molar-refractivity contribution >= 4 is 52.6 Å². The molecule has 3 amide bonds. The van der Waals surface area contributed by atoms with Crippen molar-refractivity contribution in [3.05, 3.63) is 88.4 Å². The molecule has 1 atom stereocenters. The molecule has 1 saturated heterocycles. The van der Waals surface area contributed by atoms with E-state index in [9.17, 15) is 19.2 Å². The van der Waals surface area contributed by atoms with Gasteiger partial charge in [0.15, 0.2) is 6.61 Å². The van der Waals surface area contributed by atoms with Gasteiger partial charge in [-0.1, -0.05) is 41.4 Å². The van der Waals surface area contributed by atoms with Gasteiger partial charge in [0, 0.05) is 17.1 Å². The zero-order valence-corrected chi connectivity index (χ0v) is 20.8. The molecule has 0 saturated carbocycles. The van der Waals surface area contributed by atoms with Gasteiger partial charge in [-0.3, -0.25) is 29.6 Å². The number of nitrogens with one attached hydrogen (secondary N) is 2. The molecule has 1 aliphatic rings. The second kappa shape index (κ2) is 11.8. The molecule has 9 nitrogen and oxygen atoms in total. The highest BCUT2D eigenvalue weighted by Gasteiger charge is 2.37. The fourth-order valence-corrected chi connectivity index (χ4v) is 4.01. The van der Waals surface area contributed by atoms with E-state index >= 15 is 0 Å². The Kier molecular flexibility index (Phi) is 8.27. The topological polar surface area (TPSA) is 114 Å². The Labute approximate surface area is 222 Å². The number of hydrazine groups is 1. The maximum Gasteiger partial charge on any atom is 0.311 e. The number of carbonyl (C=O) groups is 4. The van der Waals surface area contributed by atoms with Gasteiger partial charge < -0.3 is 14.8 Å². The Morgan fingerprint density at radius 3 is 2.35 bits per heavy atom. The van der Waals surface area contributed by atoms with E-state index in [1.807, 2.05) is 30.3 Å².